The van der Waals surface area contributed by atoms with Crippen molar-refractivity contribution in [2.75, 3.05) is 18.0 Å². The maximum atomic E-state index is 5.88. The van der Waals surface area contributed by atoms with Crippen LogP contribution < -0.4 is 10.6 Å². The highest BCUT2D eigenvalue weighted by atomic mass is 32.1. The minimum absolute atomic E-state index is 0.429. The van der Waals surface area contributed by atoms with E-state index in [0.29, 0.717) is 16.8 Å². The van der Waals surface area contributed by atoms with Gasteiger partial charge in [-0.15, -0.1) is 0 Å². The maximum absolute atomic E-state index is 5.88. The Morgan fingerprint density at radius 2 is 1.74 bits per heavy atom. The lowest BCUT2D eigenvalue weighted by Crippen LogP contribution is -2.34. The standard InChI is InChI=1S/C14H26N4S/c1-9(2)7-18(8-10(3)4)14-12(13(15)19)11(5)16-17(14)6/h9-10H,7-8H2,1-6H3,(H2,15,19). The second kappa shape index (κ2) is 6.37. The van der Waals surface area contributed by atoms with Crippen LogP contribution >= 0.6 is 12.2 Å². The summed E-state index contributed by atoms with van der Waals surface area (Å²) in [5.41, 5.74) is 7.70. The molecule has 0 bridgehead atoms. The molecule has 108 valence electrons. The summed E-state index contributed by atoms with van der Waals surface area (Å²) < 4.78 is 1.90. The van der Waals surface area contributed by atoms with Gasteiger partial charge in [0.15, 0.2) is 0 Å². The molecule has 1 aromatic rings. The van der Waals surface area contributed by atoms with Crippen molar-refractivity contribution in [2.24, 2.45) is 24.6 Å². The summed E-state index contributed by atoms with van der Waals surface area (Å²) >= 11 is 5.19. The third-order valence-corrected chi connectivity index (χ3v) is 3.11. The monoisotopic (exact) mass is 282 g/mol. The van der Waals surface area contributed by atoms with Gasteiger partial charge in [0.2, 0.25) is 0 Å². The molecule has 0 spiro atoms. The fraction of sp³-hybridized carbons (Fsp3) is 0.714. The zero-order valence-electron chi connectivity index (χ0n) is 12.9. The third kappa shape index (κ3) is 3.93. The molecule has 0 saturated carbocycles. The Kier molecular flexibility index (Phi) is 5.35. The van der Waals surface area contributed by atoms with Gasteiger partial charge in [-0.2, -0.15) is 5.10 Å². The summed E-state index contributed by atoms with van der Waals surface area (Å²) in [4.78, 5) is 2.78. The molecule has 0 radical (unpaired) electrons. The number of rotatable bonds is 6. The Bertz CT molecular complexity index is 439. The summed E-state index contributed by atoms with van der Waals surface area (Å²) in [7, 11) is 1.96. The van der Waals surface area contributed by atoms with Gasteiger partial charge in [0.05, 0.1) is 11.3 Å². The molecule has 5 heteroatoms. The SMILES string of the molecule is Cc1nn(C)c(N(CC(C)C)CC(C)C)c1C(N)=S. The number of aromatic nitrogens is 2. The van der Waals surface area contributed by atoms with Crippen LogP contribution in [0.2, 0.25) is 0 Å². The first-order chi connectivity index (χ1) is 8.73. The molecule has 0 aliphatic heterocycles. The first-order valence-corrected chi connectivity index (χ1v) is 7.23. The second-order valence-electron chi connectivity index (χ2n) is 5.96. The van der Waals surface area contributed by atoms with Gasteiger partial charge in [-0.3, -0.25) is 4.68 Å². The highest BCUT2D eigenvalue weighted by Gasteiger charge is 2.22. The van der Waals surface area contributed by atoms with Crippen molar-refractivity contribution < 1.29 is 0 Å². The molecule has 0 aliphatic rings. The van der Waals surface area contributed by atoms with Crippen LogP contribution in [-0.2, 0) is 7.05 Å². The molecule has 1 aromatic heterocycles. The highest BCUT2D eigenvalue weighted by Crippen LogP contribution is 2.25. The van der Waals surface area contributed by atoms with E-state index < -0.39 is 0 Å². The lowest BCUT2D eigenvalue weighted by Gasteiger charge is -2.29. The topological polar surface area (TPSA) is 47.1 Å². The molecule has 0 unspecified atom stereocenters. The molecule has 2 N–H and O–H groups in total. The highest BCUT2D eigenvalue weighted by molar-refractivity contribution is 7.80. The van der Waals surface area contributed by atoms with Crippen LogP contribution in [-0.4, -0.2) is 27.9 Å². The van der Waals surface area contributed by atoms with E-state index in [0.717, 1.165) is 30.2 Å². The summed E-state index contributed by atoms with van der Waals surface area (Å²) in [6.45, 7) is 12.8. The zero-order chi connectivity index (χ0) is 14.7. The summed E-state index contributed by atoms with van der Waals surface area (Å²) in [5.74, 6) is 2.20. The molecule has 0 aliphatic carbocycles. The van der Waals surface area contributed by atoms with E-state index in [9.17, 15) is 0 Å². The van der Waals surface area contributed by atoms with Gasteiger partial charge in [-0.05, 0) is 18.8 Å². The van der Waals surface area contributed by atoms with Gasteiger partial charge >= 0.3 is 0 Å². The number of hydrogen-bond donors (Lipinski definition) is 1. The van der Waals surface area contributed by atoms with E-state index in [1.54, 1.807) is 0 Å². The summed E-state index contributed by atoms with van der Waals surface area (Å²) in [6.07, 6.45) is 0. The van der Waals surface area contributed by atoms with Crippen LogP contribution in [0.1, 0.15) is 39.0 Å². The number of nitrogens with two attached hydrogens (primary N) is 1. The molecule has 1 rings (SSSR count). The van der Waals surface area contributed by atoms with Crippen LogP contribution in [0.25, 0.3) is 0 Å². The molecule has 0 atom stereocenters. The van der Waals surface area contributed by atoms with Gasteiger partial charge < -0.3 is 10.6 Å². The predicted molar refractivity (Wildman–Crippen MR) is 85.7 cm³/mol. The van der Waals surface area contributed by atoms with Crippen LogP contribution in [0.15, 0.2) is 0 Å². The molecule has 1 heterocycles. The first-order valence-electron chi connectivity index (χ1n) is 6.82. The quantitative estimate of drug-likeness (QED) is 0.814. The molecule has 0 fully saturated rings. The van der Waals surface area contributed by atoms with Crippen molar-refractivity contribution in [2.45, 2.75) is 34.6 Å². The minimum Gasteiger partial charge on any atom is -0.389 e. The van der Waals surface area contributed by atoms with E-state index in [2.05, 4.69) is 37.7 Å². The van der Waals surface area contributed by atoms with Crippen LogP contribution in [0, 0.1) is 18.8 Å². The fourth-order valence-corrected chi connectivity index (χ4v) is 2.67. The molecular formula is C14H26N4S. The van der Waals surface area contributed by atoms with Crippen molar-refractivity contribution in [3.05, 3.63) is 11.3 Å². The predicted octanol–water partition coefficient (Wildman–Crippen LogP) is 2.48. The average molecular weight is 282 g/mol. The molecule has 19 heavy (non-hydrogen) atoms. The number of nitrogens with zero attached hydrogens (tertiary/aromatic N) is 3. The number of thiocarbonyl (C=S) groups is 1. The van der Waals surface area contributed by atoms with Gasteiger partial charge in [-0.25, -0.2) is 0 Å². The Morgan fingerprint density at radius 3 is 2.11 bits per heavy atom. The van der Waals surface area contributed by atoms with E-state index in [1.807, 2.05) is 18.7 Å². The normalized spacial score (nSPS) is 11.4. The van der Waals surface area contributed by atoms with E-state index >= 15 is 0 Å². The Labute approximate surface area is 122 Å². The minimum atomic E-state index is 0.429. The summed E-state index contributed by atoms with van der Waals surface area (Å²) in [5, 5.41) is 4.48. The van der Waals surface area contributed by atoms with Crippen molar-refractivity contribution in [3.8, 4) is 0 Å². The van der Waals surface area contributed by atoms with Crippen molar-refractivity contribution in [1.29, 1.82) is 0 Å². The lowest BCUT2D eigenvalue weighted by molar-refractivity contribution is 0.538. The number of hydrogen-bond acceptors (Lipinski definition) is 3. The molecular weight excluding hydrogens is 256 g/mol. The largest absolute Gasteiger partial charge is 0.389 e. The summed E-state index contributed by atoms with van der Waals surface area (Å²) in [6, 6.07) is 0. The second-order valence-corrected chi connectivity index (χ2v) is 6.40. The van der Waals surface area contributed by atoms with Crippen molar-refractivity contribution >= 4 is 23.0 Å². The molecule has 0 saturated heterocycles. The number of anilines is 1. The van der Waals surface area contributed by atoms with Gasteiger partial charge in [-0.1, -0.05) is 39.9 Å². The van der Waals surface area contributed by atoms with E-state index in [4.69, 9.17) is 18.0 Å². The lowest BCUT2D eigenvalue weighted by atomic mass is 10.1. The van der Waals surface area contributed by atoms with Crippen LogP contribution in [0.4, 0.5) is 5.82 Å². The van der Waals surface area contributed by atoms with Gasteiger partial charge in [0, 0.05) is 20.1 Å². The van der Waals surface area contributed by atoms with Crippen molar-refractivity contribution in [1.82, 2.24) is 9.78 Å². The van der Waals surface area contributed by atoms with E-state index in [1.165, 1.54) is 0 Å². The third-order valence-electron chi connectivity index (χ3n) is 2.91. The molecule has 0 amide bonds. The van der Waals surface area contributed by atoms with Gasteiger partial charge in [0.25, 0.3) is 0 Å². The molecule has 4 nitrogen and oxygen atoms in total. The molecule has 0 aromatic carbocycles. The Morgan fingerprint density at radius 1 is 1.26 bits per heavy atom. The zero-order valence-corrected chi connectivity index (χ0v) is 13.7. The number of aryl methyl sites for hydroxylation is 2. The smallest absolute Gasteiger partial charge is 0.137 e. The fourth-order valence-electron chi connectivity index (χ4n) is 2.43. The van der Waals surface area contributed by atoms with Crippen molar-refractivity contribution in [3.63, 3.8) is 0 Å². The Balaban J connectivity index is 3.24. The van der Waals surface area contributed by atoms with Gasteiger partial charge in [0.1, 0.15) is 10.8 Å². The average Bonchev–Trinajstić information content (AvgIpc) is 2.50. The van der Waals surface area contributed by atoms with Crippen LogP contribution in [0.3, 0.4) is 0 Å². The Hall–Kier alpha value is -1.10. The first kappa shape index (κ1) is 16.0. The maximum Gasteiger partial charge on any atom is 0.137 e. The van der Waals surface area contributed by atoms with Crippen LogP contribution in [0.5, 0.6) is 0 Å². The van der Waals surface area contributed by atoms with E-state index in [-0.39, 0.29) is 0 Å².